The molecule has 9 nitrogen and oxygen atoms in total. The number of hydrogen-bond donors (Lipinski definition) is 1. The van der Waals surface area contributed by atoms with Gasteiger partial charge in [-0.2, -0.15) is 4.31 Å². The SMILES string of the molecule is CN(C)C(=O)CNC(=O)COC(=O)c1ccc(S(=O)(=O)N2CCCCCC2)cc1. The van der Waals surface area contributed by atoms with Crippen molar-refractivity contribution in [3.05, 3.63) is 29.8 Å². The monoisotopic (exact) mass is 425 g/mol. The number of benzene rings is 1. The maximum absolute atomic E-state index is 12.7. The Balaban J connectivity index is 1.91. The third-order valence-corrected chi connectivity index (χ3v) is 6.48. The molecule has 2 rings (SSSR count). The van der Waals surface area contributed by atoms with Crippen LogP contribution in [-0.4, -0.2) is 75.7 Å². The van der Waals surface area contributed by atoms with Crippen molar-refractivity contribution >= 4 is 27.8 Å². The number of esters is 1. The quantitative estimate of drug-likeness (QED) is 0.641. The predicted molar refractivity (Wildman–Crippen MR) is 106 cm³/mol. The van der Waals surface area contributed by atoms with Gasteiger partial charge >= 0.3 is 5.97 Å². The van der Waals surface area contributed by atoms with E-state index in [-0.39, 0.29) is 22.9 Å². The Hall–Kier alpha value is -2.46. The van der Waals surface area contributed by atoms with Gasteiger partial charge < -0.3 is 15.0 Å². The van der Waals surface area contributed by atoms with Crippen LogP contribution in [0.15, 0.2) is 29.2 Å². The molecule has 1 aromatic carbocycles. The zero-order valence-corrected chi connectivity index (χ0v) is 17.5. The number of likely N-dealkylation sites (N-methyl/N-ethyl adjacent to an activating group) is 1. The molecular formula is C19H27N3O6S. The summed E-state index contributed by atoms with van der Waals surface area (Å²) in [5, 5.41) is 2.35. The number of ether oxygens (including phenoxy) is 1. The van der Waals surface area contributed by atoms with Crippen LogP contribution in [0.4, 0.5) is 0 Å². The summed E-state index contributed by atoms with van der Waals surface area (Å²) in [6.45, 7) is 0.273. The van der Waals surface area contributed by atoms with Crippen molar-refractivity contribution in [3.63, 3.8) is 0 Å². The van der Waals surface area contributed by atoms with Gasteiger partial charge in [0.1, 0.15) is 0 Å². The molecule has 1 aliphatic heterocycles. The first-order chi connectivity index (χ1) is 13.7. The van der Waals surface area contributed by atoms with E-state index in [2.05, 4.69) is 5.32 Å². The van der Waals surface area contributed by atoms with Crippen LogP contribution in [0.5, 0.6) is 0 Å². The zero-order valence-electron chi connectivity index (χ0n) is 16.7. The lowest BCUT2D eigenvalue weighted by Gasteiger charge is -2.20. The molecule has 0 spiro atoms. The van der Waals surface area contributed by atoms with Crippen LogP contribution in [0.25, 0.3) is 0 Å². The Morgan fingerprint density at radius 2 is 1.62 bits per heavy atom. The fourth-order valence-electron chi connectivity index (χ4n) is 2.79. The summed E-state index contributed by atoms with van der Waals surface area (Å²) < 4.78 is 31.9. The first-order valence-corrected chi connectivity index (χ1v) is 10.9. The van der Waals surface area contributed by atoms with Gasteiger partial charge in [-0.15, -0.1) is 0 Å². The molecule has 1 saturated heterocycles. The third kappa shape index (κ3) is 6.53. The van der Waals surface area contributed by atoms with Gasteiger partial charge in [-0.05, 0) is 37.1 Å². The molecule has 1 heterocycles. The molecule has 0 saturated carbocycles. The van der Waals surface area contributed by atoms with Crippen LogP contribution in [0.3, 0.4) is 0 Å². The Kier molecular flexibility index (Phi) is 8.15. The number of sulfonamides is 1. The summed E-state index contributed by atoms with van der Waals surface area (Å²) in [5.41, 5.74) is 0.136. The molecule has 10 heteroatoms. The highest BCUT2D eigenvalue weighted by Crippen LogP contribution is 2.20. The second kappa shape index (κ2) is 10.4. The van der Waals surface area contributed by atoms with Gasteiger partial charge in [-0.1, -0.05) is 12.8 Å². The van der Waals surface area contributed by atoms with E-state index in [1.54, 1.807) is 14.1 Å². The van der Waals surface area contributed by atoms with E-state index in [9.17, 15) is 22.8 Å². The number of nitrogens with one attached hydrogen (secondary N) is 1. The van der Waals surface area contributed by atoms with Crippen LogP contribution in [0.2, 0.25) is 0 Å². The Labute approximate surface area is 171 Å². The lowest BCUT2D eigenvalue weighted by molar-refractivity contribution is -0.131. The second-order valence-electron chi connectivity index (χ2n) is 6.98. The van der Waals surface area contributed by atoms with Gasteiger partial charge in [0.05, 0.1) is 17.0 Å². The second-order valence-corrected chi connectivity index (χ2v) is 8.92. The van der Waals surface area contributed by atoms with Crippen LogP contribution in [0, 0.1) is 0 Å². The fourth-order valence-corrected chi connectivity index (χ4v) is 4.31. The first-order valence-electron chi connectivity index (χ1n) is 9.46. The van der Waals surface area contributed by atoms with E-state index in [0.717, 1.165) is 25.7 Å². The lowest BCUT2D eigenvalue weighted by atomic mass is 10.2. The molecule has 0 aromatic heterocycles. The molecule has 0 unspecified atom stereocenters. The molecule has 29 heavy (non-hydrogen) atoms. The highest BCUT2D eigenvalue weighted by atomic mass is 32.2. The average molecular weight is 426 g/mol. The molecule has 0 atom stereocenters. The number of nitrogens with zero attached hydrogens (tertiary/aromatic N) is 2. The van der Waals surface area contributed by atoms with Gasteiger partial charge in [-0.3, -0.25) is 9.59 Å². The van der Waals surface area contributed by atoms with Gasteiger partial charge in [0.15, 0.2) is 6.61 Å². The Morgan fingerprint density at radius 3 is 2.17 bits per heavy atom. The number of amides is 2. The normalized spacial score (nSPS) is 15.2. The van der Waals surface area contributed by atoms with E-state index in [1.807, 2.05) is 0 Å². The van der Waals surface area contributed by atoms with E-state index >= 15 is 0 Å². The van der Waals surface area contributed by atoms with Crippen molar-refractivity contribution in [2.45, 2.75) is 30.6 Å². The molecule has 160 valence electrons. The van der Waals surface area contributed by atoms with E-state index in [0.29, 0.717) is 13.1 Å². The summed E-state index contributed by atoms with van der Waals surface area (Å²) >= 11 is 0. The van der Waals surface area contributed by atoms with Crippen molar-refractivity contribution < 1.29 is 27.5 Å². The minimum absolute atomic E-state index is 0.121. The number of carbonyl (C=O) groups is 3. The first kappa shape index (κ1) is 22.8. The molecule has 1 fully saturated rings. The highest BCUT2D eigenvalue weighted by molar-refractivity contribution is 7.89. The van der Waals surface area contributed by atoms with Crippen molar-refractivity contribution in [3.8, 4) is 0 Å². The summed E-state index contributed by atoms with van der Waals surface area (Å²) in [6.07, 6.45) is 3.72. The summed E-state index contributed by atoms with van der Waals surface area (Å²) in [6, 6.07) is 5.46. The zero-order chi connectivity index (χ0) is 21.4. The molecule has 0 radical (unpaired) electrons. The predicted octanol–water partition coefficient (Wildman–Crippen LogP) is 0.613. The largest absolute Gasteiger partial charge is 0.452 e. The van der Waals surface area contributed by atoms with Gasteiger partial charge in [0.25, 0.3) is 5.91 Å². The van der Waals surface area contributed by atoms with Crippen LogP contribution < -0.4 is 5.32 Å². The van der Waals surface area contributed by atoms with Crippen LogP contribution >= 0.6 is 0 Å². The Morgan fingerprint density at radius 1 is 1.03 bits per heavy atom. The van der Waals surface area contributed by atoms with E-state index < -0.39 is 28.5 Å². The Bertz CT molecular complexity index is 828. The summed E-state index contributed by atoms with van der Waals surface area (Å²) in [5.74, 6) is -1.64. The molecule has 2 amide bonds. The lowest BCUT2D eigenvalue weighted by Crippen LogP contribution is -2.38. The van der Waals surface area contributed by atoms with Crippen molar-refractivity contribution in [1.29, 1.82) is 0 Å². The van der Waals surface area contributed by atoms with Crippen LogP contribution in [-0.2, 0) is 24.3 Å². The van der Waals surface area contributed by atoms with E-state index in [4.69, 9.17) is 4.74 Å². The minimum atomic E-state index is -3.59. The van der Waals surface area contributed by atoms with Gasteiger partial charge in [0.2, 0.25) is 15.9 Å². The van der Waals surface area contributed by atoms with E-state index in [1.165, 1.54) is 33.5 Å². The number of hydrogen-bond acceptors (Lipinski definition) is 6. The maximum atomic E-state index is 12.7. The van der Waals surface area contributed by atoms with Crippen molar-refractivity contribution in [2.75, 3.05) is 40.3 Å². The topological polar surface area (TPSA) is 113 Å². The fraction of sp³-hybridized carbons (Fsp3) is 0.526. The van der Waals surface area contributed by atoms with Crippen molar-refractivity contribution in [2.24, 2.45) is 0 Å². The maximum Gasteiger partial charge on any atom is 0.338 e. The molecule has 1 aromatic rings. The molecule has 0 aliphatic carbocycles. The smallest absolute Gasteiger partial charge is 0.338 e. The third-order valence-electron chi connectivity index (χ3n) is 4.56. The van der Waals surface area contributed by atoms with Gasteiger partial charge in [-0.25, -0.2) is 13.2 Å². The molecule has 1 N–H and O–H groups in total. The molecular weight excluding hydrogens is 398 g/mol. The highest BCUT2D eigenvalue weighted by Gasteiger charge is 2.25. The molecule has 0 bridgehead atoms. The number of carbonyl (C=O) groups excluding carboxylic acids is 3. The van der Waals surface area contributed by atoms with Crippen molar-refractivity contribution in [1.82, 2.24) is 14.5 Å². The van der Waals surface area contributed by atoms with Crippen LogP contribution in [0.1, 0.15) is 36.0 Å². The minimum Gasteiger partial charge on any atom is -0.452 e. The molecule has 1 aliphatic rings. The average Bonchev–Trinajstić information content (AvgIpc) is 3.00. The number of rotatable bonds is 7. The summed E-state index contributed by atoms with van der Waals surface area (Å²) in [4.78, 5) is 36.6. The summed E-state index contributed by atoms with van der Waals surface area (Å²) in [7, 11) is -0.473. The van der Waals surface area contributed by atoms with Gasteiger partial charge in [0, 0.05) is 27.2 Å². The standard InChI is InChI=1S/C19H27N3O6S/c1-21(2)18(24)13-20-17(23)14-28-19(25)15-7-9-16(10-8-15)29(26,27)22-11-5-3-4-6-12-22/h7-10H,3-6,11-14H2,1-2H3,(H,20,23).